The molecule has 72 valence electrons. The highest BCUT2D eigenvalue weighted by molar-refractivity contribution is 9.10. The lowest BCUT2D eigenvalue weighted by atomic mass is 10.1. The maximum Gasteiger partial charge on any atom is 0.0329 e. The molecule has 13 heavy (non-hydrogen) atoms. The van der Waals surface area contributed by atoms with Crippen molar-refractivity contribution in [2.75, 3.05) is 0 Å². The summed E-state index contributed by atoms with van der Waals surface area (Å²) in [6.45, 7) is 3.65. The Bertz CT molecular complexity index is 258. The average Bonchev–Trinajstić information content (AvgIpc) is 2.06. The number of rotatable bonds is 3. The largest absolute Gasteiger partial charge is 0.324 e. The zero-order valence-corrected chi connectivity index (χ0v) is 9.64. The van der Waals surface area contributed by atoms with Gasteiger partial charge in [0, 0.05) is 10.5 Å². The van der Waals surface area contributed by atoms with E-state index in [9.17, 15) is 0 Å². The quantitative estimate of drug-likeness (QED) is 0.830. The number of benzene rings is 1. The second-order valence-corrected chi connectivity index (χ2v) is 3.60. The van der Waals surface area contributed by atoms with Crippen LogP contribution in [0.1, 0.15) is 18.0 Å². The Kier molecular flexibility index (Phi) is 6.04. The van der Waals surface area contributed by atoms with E-state index in [2.05, 4.69) is 22.5 Å². The molecule has 0 aliphatic heterocycles. The van der Waals surface area contributed by atoms with E-state index in [0.717, 1.165) is 16.5 Å². The molecule has 1 rings (SSSR count). The molecule has 0 saturated heterocycles. The molecule has 1 aromatic carbocycles. The van der Waals surface area contributed by atoms with Crippen LogP contribution in [0.2, 0.25) is 0 Å². The summed E-state index contributed by atoms with van der Waals surface area (Å²) in [7, 11) is 0. The fourth-order valence-electron chi connectivity index (χ4n) is 1.03. The molecule has 0 saturated carbocycles. The molecule has 0 radical (unpaired) electrons. The molecule has 0 fully saturated rings. The molecule has 1 nitrogen and oxygen atoms in total. The maximum atomic E-state index is 5.87. The number of hydrogen-bond acceptors (Lipinski definition) is 1. The Morgan fingerprint density at radius 1 is 1.38 bits per heavy atom. The van der Waals surface area contributed by atoms with Gasteiger partial charge in [-0.25, -0.2) is 0 Å². The molecule has 0 bridgehead atoms. The van der Waals surface area contributed by atoms with Crippen molar-refractivity contribution in [2.45, 2.75) is 12.5 Å². The zero-order valence-electron chi connectivity index (χ0n) is 7.24. The standard InChI is InChI=1S/C10H12BrN.ClH/c1-2-3-10(12)8-4-6-9(11)7-5-8;/h2,4-7,10H,1,3,12H2;1H/t10-;/m0./s1. The van der Waals surface area contributed by atoms with Gasteiger partial charge in [0.1, 0.15) is 0 Å². The van der Waals surface area contributed by atoms with Crippen LogP contribution >= 0.6 is 28.3 Å². The van der Waals surface area contributed by atoms with E-state index in [4.69, 9.17) is 5.73 Å². The fraction of sp³-hybridized carbons (Fsp3) is 0.200. The van der Waals surface area contributed by atoms with Gasteiger partial charge in [0.2, 0.25) is 0 Å². The predicted molar refractivity (Wildman–Crippen MR) is 63.1 cm³/mol. The summed E-state index contributed by atoms with van der Waals surface area (Å²) in [5.74, 6) is 0. The molecule has 0 heterocycles. The molecule has 2 N–H and O–H groups in total. The first-order chi connectivity index (χ1) is 5.74. The van der Waals surface area contributed by atoms with Crippen LogP contribution in [-0.2, 0) is 0 Å². The second-order valence-electron chi connectivity index (χ2n) is 2.68. The highest BCUT2D eigenvalue weighted by Gasteiger charge is 2.01. The van der Waals surface area contributed by atoms with E-state index in [1.54, 1.807) is 0 Å². The van der Waals surface area contributed by atoms with Crippen molar-refractivity contribution in [3.63, 3.8) is 0 Å². The van der Waals surface area contributed by atoms with Gasteiger partial charge in [0.05, 0.1) is 0 Å². The molecular formula is C10H13BrClN. The van der Waals surface area contributed by atoms with Crippen molar-refractivity contribution in [1.82, 2.24) is 0 Å². The molecule has 0 aromatic heterocycles. The molecule has 0 unspecified atom stereocenters. The van der Waals surface area contributed by atoms with Crippen LogP contribution in [0.3, 0.4) is 0 Å². The Balaban J connectivity index is 0.00000144. The van der Waals surface area contributed by atoms with Gasteiger partial charge in [0.15, 0.2) is 0 Å². The van der Waals surface area contributed by atoms with Crippen molar-refractivity contribution in [1.29, 1.82) is 0 Å². The summed E-state index contributed by atoms with van der Waals surface area (Å²) in [6.07, 6.45) is 2.66. The fourth-order valence-corrected chi connectivity index (χ4v) is 1.29. The van der Waals surface area contributed by atoms with E-state index in [1.165, 1.54) is 0 Å². The van der Waals surface area contributed by atoms with Crippen LogP contribution in [0.5, 0.6) is 0 Å². The predicted octanol–water partition coefficient (Wildman–Crippen LogP) is 3.45. The van der Waals surface area contributed by atoms with Gasteiger partial charge < -0.3 is 5.73 Å². The van der Waals surface area contributed by atoms with Crippen LogP contribution in [0.4, 0.5) is 0 Å². The van der Waals surface area contributed by atoms with Gasteiger partial charge in [-0.05, 0) is 24.1 Å². The van der Waals surface area contributed by atoms with Gasteiger partial charge in [-0.3, -0.25) is 0 Å². The summed E-state index contributed by atoms with van der Waals surface area (Å²) >= 11 is 3.37. The monoisotopic (exact) mass is 261 g/mol. The summed E-state index contributed by atoms with van der Waals surface area (Å²) in [5.41, 5.74) is 7.02. The van der Waals surface area contributed by atoms with E-state index < -0.39 is 0 Å². The Morgan fingerprint density at radius 2 is 1.92 bits per heavy atom. The second kappa shape index (κ2) is 6.19. The topological polar surface area (TPSA) is 26.0 Å². The Hall–Kier alpha value is -0.310. The van der Waals surface area contributed by atoms with Gasteiger partial charge in [-0.15, -0.1) is 19.0 Å². The smallest absolute Gasteiger partial charge is 0.0329 e. The first-order valence-corrected chi connectivity index (χ1v) is 4.65. The maximum absolute atomic E-state index is 5.87. The Morgan fingerprint density at radius 3 is 2.38 bits per heavy atom. The van der Waals surface area contributed by atoms with Crippen LogP contribution in [-0.4, -0.2) is 0 Å². The average molecular weight is 263 g/mol. The van der Waals surface area contributed by atoms with Gasteiger partial charge in [0.25, 0.3) is 0 Å². The normalized spacial score (nSPS) is 11.5. The molecule has 1 atom stereocenters. The van der Waals surface area contributed by atoms with Crippen LogP contribution in [0.25, 0.3) is 0 Å². The molecule has 3 heteroatoms. The zero-order chi connectivity index (χ0) is 8.97. The third-order valence-corrected chi connectivity index (χ3v) is 2.25. The van der Waals surface area contributed by atoms with Crippen LogP contribution in [0.15, 0.2) is 41.4 Å². The molecular weight excluding hydrogens is 249 g/mol. The van der Waals surface area contributed by atoms with Crippen molar-refractivity contribution in [3.8, 4) is 0 Å². The molecule has 0 spiro atoms. The SMILES string of the molecule is C=CC[C@H](N)c1ccc(Br)cc1.Cl. The van der Waals surface area contributed by atoms with E-state index in [-0.39, 0.29) is 18.4 Å². The highest BCUT2D eigenvalue weighted by Crippen LogP contribution is 2.17. The first kappa shape index (κ1) is 12.7. The van der Waals surface area contributed by atoms with Crippen molar-refractivity contribution in [2.24, 2.45) is 5.73 Å². The summed E-state index contributed by atoms with van der Waals surface area (Å²) < 4.78 is 1.08. The minimum atomic E-state index is 0. The lowest BCUT2D eigenvalue weighted by Crippen LogP contribution is -2.08. The molecule has 1 aromatic rings. The van der Waals surface area contributed by atoms with Gasteiger partial charge in [-0.1, -0.05) is 34.1 Å². The van der Waals surface area contributed by atoms with Crippen molar-refractivity contribution < 1.29 is 0 Å². The van der Waals surface area contributed by atoms with Crippen molar-refractivity contribution >= 4 is 28.3 Å². The number of halogens is 2. The minimum absolute atomic E-state index is 0. The third-order valence-electron chi connectivity index (χ3n) is 1.72. The Labute approximate surface area is 93.6 Å². The summed E-state index contributed by atoms with van der Waals surface area (Å²) in [4.78, 5) is 0. The van der Waals surface area contributed by atoms with E-state index >= 15 is 0 Å². The van der Waals surface area contributed by atoms with Gasteiger partial charge >= 0.3 is 0 Å². The lowest BCUT2D eigenvalue weighted by Gasteiger charge is -2.08. The number of nitrogens with two attached hydrogens (primary N) is 1. The molecule has 0 aliphatic carbocycles. The first-order valence-electron chi connectivity index (χ1n) is 3.86. The number of hydrogen-bond donors (Lipinski definition) is 1. The molecule has 0 aliphatic rings. The van der Waals surface area contributed by atoms with Gasteiger partial charge in [-0.2, -0.15) is 0 Å². The van der Waals surface area contributed by atoms with E-state index in [0.29, 0.717) is 0 Å². The molecule has 0 amide bonds. The van der Waals surface area contributed by atoms with E-state index in [1.807, 2.05) is 30.3 Å². The summed E-state index contributed by atoms with van der Waals surface area (Å²) in [5, 5.41) is 0. The third kappa shape index (κ3) is 3.94. The minimum Gasteiger partial charge on any atom is -0.324 e. The highest BCUT2D eigenvalue weighted by atomic mass is 79.9. The van der Waals surface area contributed by atoms with Crippen LogP contribution < -0.4 is 5.73 Å². The van der Waals surface area contributed by atoms with Crippen molar-refractivity contribution in [3.05, 3.63) is 47.0 Å². The van der Waals surface area contributed by atoms with Crippen LogP contribution in [0, 0.1) is 0 Å². The summed E-state index contributed by atoms with van der Waals surface area (Å²) in [6, 6.07) is 8.13. The lowest BCUT2D eigenvalue weighted by molar-refractivity contribution is 0.742.